The number of likely N-dealkylation sites (tertiary alicyclic amines) is 4. The van der Waals surface area contributed by atoms with Crippen LogP contribution in [0.2, 0.25) is 0 Å². The smallest absolute Gasteiger partial charge is 0.326 e. The second-order valence-electron chi connectivity index (χ2n) is 13.6. The maximum Gasteiger partial charge on any atom is 0.326 e. The summed E-state index contributed by atoms with van der Waals surface area (Å²) in [5.74, 6) is -2.21. The number of amides is 5. The first kappa shape index (κ1) is 32.2. The van der Waals surface area contributed by atoms with Gasteiger partial charge in [-0.15, -0.1) is 0 Å². The van der Waals surface area contributed by atoms with E-state index in [0.29, 0.717) is 77.5 Å². The molecule has 0 aromatic rings. The maximum atomic E-state index is 13.9. The van der Waals surface area contributed by atoms with Crippen LogP contribution >= 0.6 is 0 Å². The second kappa shape index (κ2) is 13.8. The van der Waals surface area contributed by atoms with Gasteiger partial charge in [0.15, 0.2) is 6.04 Å². The molecule has 5 amide bonds. The van der Waals surface area contributed by atoms with Crippen LogP contribution in [0.5, 0.6) is 0 Å². The molecular weight excluding hydrogens is 568 g/mol. The highest BCUT2D eigenvalue weighted by molar-refractivity contribution is 5.97. The van der Waals surface area contributed by atoms with Gasteiger partial charge in [0.05, 0.1) is 6.54 Å². The molecule has 5 heterocycles. The molecule has 0 spiro atoms. The Morgan fingerprint density at radius 3 is 1.73 bits per heavy atom. The summed E-state index contributed by atoms with van der Waals surface area (Å²) in [5.41, 5.74) is 0. The predicted molar refractivity (Wildman–Crippen MR) is 158 cm³/mol. The van der Waals surface area contributed by atoms with Gasteiger partial charge in [-0.05, 0) is 63.7 Å². The number of carbonyl (C=O) groups is 6. The number of nitrogens with two attached hydrogens (primary N) is 1. The van der Waals surface area contributed by atoms with Gasteiger partial charge in [-0.25, -0.2) is 4.79 Å². The van der Waals surface area contributed by atoms with Crippen LogP contribution in [0.1, 0.15) is 84.5 Å². The third-order valence-electron chi connectivity index (χ3n) is 10.1. The van der Waals surface area contributed by atoms with E-state index in [1.54, 1.807) is 9.80 Å². The van der Waals surface area contributed by atoms with Gasteiger partial charge in [0.25, 0.3) is 5.91 Å². The molecule has 13 nitrogen and oxygen atoms in total. The van der Waals surface area contributed by atoms with Crippen LogP contribution in [0.15, 0.2) is 0 Å². The van der Waals surface area contributed by atoms with Crippen LogP contribution < -0.4 is 10.6 Å². The largest absolute Gasteiger partial charge is 0.480 e. The van der Waals surface area contributed by atoms with E-state index in [1.807, 2.05) is 19.2 Å². The number of nitrogens with one attached hydrogen (secondary N) is 1. The normalized spacial score (nSPS) is 29.5. The Kier molecular flexibility index (Phi) is 10.1. The van der Waals surface area contributed by atoms with Crippen LogP contribution in [0.3, 0.4) is 0 Å². The predicted octanol–water partition coefficient (Wildman–Crippen LogP) is -0.708. The third-order valence-corrected chi connectivity index (χ3v) is 10.1. The number of nitrogens with zero attached hydrogens (tertiary/aromatic N) is 4. The van der Waals surface area contributed by atoms with Crippen molar-refractivity contribution in [2.45, 2.75) is 121 Å². The van der Waals surface area contributed by atoms with Crippen molar-refractivity contribution in [3.05, 3.63) is 0 Å². The molecule has 5 aliphatic rings. The SMILES string of the molecule is CC(C)C[C@H](NC(=O)[C@@H]1CCCN1C(=O)[C@@H]1CCCN1C(=O)[C@@H]1CCC[NH2+]1)C(=O)N1CCC[C@H]1C(=O)N1CCC[C@H]1C(=O)O. The van der Waals surface area contributed by atoms with Crippen molar-refractivity contribution in [3.8, 4) is 0 Å². The molecule has 4 N–H and O–H groups in total. The Labute approximate surface area is 259 Å². The zero-order chi connectivity index (χ0) is 31.5. The van der Waals surface area contributed by atoms with Crippen LogP contribution in [0.4, 0.5) is 0 Å². The molecule has 5 rings (SSSR count). The molecule has 5 saturated heterocycles. The van der Waals surface area contributed by atoms with E-state index in [4.69, 9.17) is 0 Å². The fourth-order valence-electron chi connectivity index (χ4n) is 7.92. The molecule has 0 saturated carbocycles. The minimum atomic E-state index is -1.03. The molecule has 5 aliphatic heterocycles. The van der Waals surface area contributed by atoms with Crippen LogP contribution in [-0.2, 0) is 28.8 Å². The number of rotatable bonds is 9. The Balaban J connectivity index is 1.26. The minimum Gasteiger partial charge on any atom is -0.480 e. The summed E-state index contributed by atoms with van der Waals surface area (Å²) < 4.78 is 0. The van der Waals surface area contributed by atoms with E-state index in [0.717, 1.165) is 25.8 Å². The molecular formula is C31H49N6O7+. The Morgan fingerprint density at radius 1 is 0.682 bits per heavy atom. The van der Waals surface area contributed by atoms with Crippen molar-refractivity contribution in [3.63, 3.8) is 0 Å². The van der Waals surface area contributed by atoms with E-state index >= 15 is 0 Å². The van der Waals surface area contributed by atoms with Gasteiger partial charge in [0.1, 0.15) is 30.2 Å². The molecule has 13 heteroatoms. The van der Waals surface area contributed by atoms with Crippen molar-refractivity contribution in [2.75, 3.05) is 32.7 Å². The molecule has 0 bridgehead atoms. The van der Waals surface area contributed by atoms with Gasteiger partial charge in [-0.2, -0.15) is 0 Å². The number of hydrogen-bond acceptors (Lipinski definition) is 6. The Morgan fingerprint density at radius 2 is 1.18 bits per heavy atom. The zero-order valence-corrected chi connectivity index (χ0v) is 26.1. The molecule has 244 valence electrons. The minimum absolute atomic E-state index is 0.0134. The maximum absolute atomic E-state index is 13.9. The van der Waals surface area contributed by atoms with Crippen molar-refractivity contribution in [1.29, 1.82) is 0 Å². The summed E-state index contributed by atoms with van der Waals surface area (Å²) in [6.07, 6.45) is 6.73. The zero-order valence-electron chi connectivity index (χ0n) is 26.1. The standard InChI is InChI=1S/C31H48N6O7/c1-19(2)18-21(28(40)36-16-6-11-24(36)30(42)37-17-7-12-25(37)31(43)44)33-26(38)22-9-4-14-34(22)29(41)23-10-5-15-35(23)27(39)20-8-3-13-32-20/h19-25,32H,3-18H2,1-2H3,(H,33,38)(H,43,44)/p+1/t20-,21-,22-,23-,24-,25-/m0/s1. The van der Waals surface area contributed by atoms with E-state index in [-0.39, 0.29) is 41.5 Å². The average Bonchev–Trinajstić information content (AvgIpc) is 3.84. The van der Waals surface area contributed by atoms with Gasteiger partial charge < -0.3 is 35.3 Å². The summed E-state index contributed by atoms with van der Waals surface area (Å²) in [4.78, 5) is 86.1. The number of hydrogen-bond donors (Lipinski definition) is 3. The molecule has 0 radical (unpaired) electrons. The summed E-state index contributed by atoms with van der Waals surface area (Å²) in [6.45, 7) is 6.53. The van der Waals surface area contributed by atoms with E-state index in [9.17, 15) is 33.9 Å². The monoisotopic (exact) mass is 617 g/mol. The number of aliphatic carboxylic acids is 1. The molecule has 0 unspecified atom stereocenters. The summed E-state index contributed by atoms with van der Waals surface area (Å²) in [5, 5.41) is 14.6. The fourth-order valence-corrected chi connectivity index (χ4v) is 7.92. The summed E-state index contributed by atoms with van der Waals surface area (Å²) >= 11 is 0. The lowest BCUT2D eigenvalue weighted by Crippen LogP contribution is -2.89. The molecule has 5 fully saturated rings. The Bertz CT molecular complexity index is 1140. The van der Waals surface area contributed by atoms with Crippen LogP contribution in [-0.4, -0.2) is 129 Å². The van der Waals surface area contributed by atoms with E-state index in [1.165, 1.54) is 9.80 Å². The van der Waals surface area contributed by atoms with Crippen LogP contribution in [0.25, 0.3) is 0 Å². The Hall–Kier alpha value is -3.22. The quantitative estimate of drug-likeness (QED) is 0.308. The highest BCUT2D eigenvalue weighted by atomic mass is 16.4. The molecule has 0 aromatic carbocycles. The fraction of sp³-hybridized carbons (Fsp3) is 0.806. The van der Waals surface area contributed by atoms with Crippen molar-refractivity contribution in [1.82, 2.24) is 24.9 Å². The molecule has 44 heavy (non-hydrogen) atoms. The highest BCUT2D eigenvalue weighted by Crippen LogP contribution is 2.28. The van der Waals surface area contributed by atoms with Crippen LogP contribution in [0, 0.1) is 5.92 Å². The molecule has 6 atom stereocenters. The first-order valence-electron chi connectivity index (χ1n) is 16.7. The van der Waals surface area contributed by atoms with Gasteiger partial charge in [-0.3, -0.25) is 24.0 Å². The average molecular weight is 618 g/mol. The van der Waals surface area contributed by atoms with Crippen molar-refractivity contribution in [2.24, 2.45) is 5.92 Å². The summed E-state index contributed by atoms with van der Waals surface area (Å²) in [7, 11) is 0. The van der Waals surface area contributed by atoms with E-state index in [2.05, 4.69) is 5.32 Å². The topological polar surface area (TPSA) is 164 Å². The van der Waals surface area contributed by atoms with Gasteiger partial charge in [0, 0.05) is 39.0 Å². The van der Waals surface area contributed by atoms with Crippen molar-refractivity contribution < 1.29 is 39.2 Å². The van der Waals surface area contributed by atoms with Gasteiger partial charge >= 0.3 is 5.97 Å². The first-order chi connectivity index (χ1) is 21.1. The highest BCUT2D eigenvalue weighted by Gasteiger charge is 2.46. The van der Waals surface area contributed by atoms with E-state index < -0.39 is 36.2 Å². The number of carboxylic acids is 1. The van der Waals surface area contributed by atoms with Gasteiger partial charge in [-0.1, -0.05) is 13.8 Å². The molecule has 0 aliphatic carbocycles. The lowest BCUT2D eigenvalue weighted by Gasteiger charge is -2.34. The number of quaternary nitrogens is 1. The number of carbonyl (C=O) groups excluding carboxylic acids is 5. The summed E-state index contributed by atoms with van der Waals surface area (Å²) in [6, 6.07) is -3.91. The lowest BCUT2D eigenvalue weighted by molar-refractivity contribution is -0.658. The first-order valence-corrected chi connectivity index (χ1v) is 16.7. The third kappa shape index (κ3) is 6.57. The van der Waals surface area contributed by atoms with Gasteiger partial charge in [0.2, 0.25) is 23.6 Å². The molecule has 0 aromatic heterocycles. The second-order valence-corrected chi connectivity index (χ2v) is 13.6. The number of carboxylic acid groups (broad SMARTS) is 1. The lowest BCUT2D eigenvalue weighted by atomic mass is 10.0. The van der Waals surface area contributed by atoms with Crippen molar-refractivity contribution >= 4 is 35.5 Å².